The van der Waals surface area contributed by atoms with E-state index < -0.39 is 28.6 Å². The average Bonchev–Trinajstić information content (AvgIpc) is 2.28. The summed E-state index contributed by atoms with van der Waals surface area (Å²) in [6.07, 6.45) is 1.91. The molecule has 0 bridgehead atoms. The first-order valence-electron chi connectivity index (χ1n) is 7.47. The molecule has 0 fully saturated rings. The second-order valence-electron chi connectivity index (χ2n) is 7.01. The molecule has 5 nitrogen and oxygen atoms in total. The topological polar surface area (TPSA) is 54.0 Å². The lowest BCUT2D eigenvalue weighted by molar-refractivity contribution is -0.251. The number of ether oxygens (including phenoxy) is 1. The molecular formula is C14H30O5Si3. The zero-order valence-corrected chi connectivity index (χ0v) is 17.9. The first-order chi connectivity index (χ1) is 9.87. The summed E-state index contributed by atoms with van der Waals surface area (Å²) in [5.74, 6) is -1.37. The first-order valence-corrected chi connectivity index (χ1v) is 15.4. The molecule has 0 atom stereocenters. The van der Waals surface area contributed by atoms with Crippen LogP contribution in [0.2, 0.25) is 45.3 Å². The van der Waals surface area contributed by atoms with Crippen LogP contribution in [0.1, 0.15) is 13.3 Å². The highest BCUT2D eigenvalue weighted by Gasteiger charge is 2.37. The fourth-order valence-corrected chi connectivity index (χ4v) is 5.11. The highest BCUT2D eigenvalue weighted by molar-refractivity contribution is 6.71. The molecule has 8 heteroatoms. The van der Waals surface area contributed by atoms with Crippen molar-refractivity contribution in [1.82, 2.24) is 0 Å². The van der Waals surface area contributed by atoms with E-state index in [0.717, 1.165) is 12.5 Å². The van der Waals surface area contributed by atoms with Crippen LogP contribution in [0.25, 0.3) is 0 Å². The zero-order valence-electron chi connectivity index (χ0n) is 14.9. The van der Waals surface area contributed by atoms with Crippen molar-refractivity contribution in [3.8, 4) is 0 Å². The van der Waals surface area contributed by atoms with Crippen molar-refractivity contribution in [1.29, 1.82) is 0 Å². The van der Waals surface area contributed by atoms with Gasteiger partial charge in [-0.1, -0.05) is 6.58 Å². The summed E-state index contributed by atoms with van der Waals surface area (Å²) >= 11 is 0. The van der Waals surface area contributed by atoms with E-state index in [1.165, 1.54) is 6.08 Å². The van der Waals surface area contributed by atoms with E-state index in [-0.39, 0.29) is 9.76 Å². The first kappa shape index (κ1) is 21.7. The standard InChI is InChI=1S/C14H30O5Si3/c1-9-13(15)16-11-10-12-20-17-14(2,18-21(3,4)5)19-22(6,7)8/h9H,1,10-12H2,2-8H3. The summed E-state index contributed by atoms with van der Waals surface area (Å²) in [5.41, 5.74) is 0. The van der Waals surface area contributed by atoms with Gasteiger partial charge in [0.1, 0.15) is 0 Å². The quantitative estimate of drug-likeness (QED) is 0.185. The van der Waals surface area contributed by atoms with Crippen LogP contribution in [0.3, 0.4) is 0 Å². The van der Waals surface area contributed by atoms with Crippen molar-refractivity contribution in [3.63, 3.8) is 0 Å². The minimum atomic E-state index is -1.79. The molecular weight excluding hydrogens is 332 g/mol. The Morgan fingerprint density at radius 3 is 2.05 bits per heavy atom. The van der Waals surface area contributed by atoms with Crippen LogP contribution < -0.4 is 0 Å². The number of hydrogen-bond donors (Lipinski definition) is 0. The van der Waals surface area contributed by atoms with Crippen LogP contribution in [-0.2, 0) is 22.8 Å². The number of carbonyl (C=O) groups is 1. The Kier molecular flexibility index (Phi) is 9.03. The van der Waals surface area contributed by atoms with Crippen molar-refractivity contribution in [2.24, 2.45) is 0 Å². The van der Waals surface area contributed by atoms with Crippen LogP contribution in [0, 0.1) is 0 Å². The van der Waals surface area contributed by atoms with Gasteiger partial charge in [0.15, 0.2) is 16.6 Å². The fraction of sp³-hybridized carbons (Fsp3) is 0.786. The van der Waals surface area contributed by atoms with Crippen molar-refractivity contribution in [2.45, 2.75) is 64.6 Å². The lowest BCUT2D eigenvalue weighted by Crippen LogP contribution is -2.50. The molecule has 2 radical (unpaired) electrons. The number of hydrogen-bond acceptors (Lipinski definition) is 5. The SMILES string of the molecule is C=CC(=O)OCCC[Si]OC(C)(O[Si](C)(C)C)O[Si](C)(C)C. The van der Waals surface area contributed by atoms with Crippen molar-refractivity contribution < 1.29 is 22.8 Å². The lowest BCUT2D eigenvalue weighted by Gasteiger charge is -2.39. The lowest BCUT2D eigenvalue weighted by atomic mass is 10.5. The minimum Gasteiger partial charge on any atom is -0.463 e. The number of carbonyl (C=O) groups excluding carboxylic acids is 1. The Balaban J connectivity index is 4.30. The van der Waals surface area contributed by atoms with Crippen LogP contribution in [-0.4, -0.2) is 44.9 Å². The molecule has 0 saturated carbocycles. The fourth-order valence-electron chi connectivity index (χ4n) is 1.73. The van der Waals surface area contributed by atoms with Gasteiger partial charge in [0, 0.05) is 13.0 Å². The van der Waals surface area contributed by atoms with Crippen LogP contribution in [0.15, 0.2) is 12.7 Å². The molecule has 0 saturated heterocycles. The molecule has 22 heavy (non-hydrogen) atoms. The minimum absolute atomic E-state index is 0.237. The summed E-state index contributed by atoms with van der Waals surface area (Å²) in [4.78, 5) is 10.9. The van der Waals surface area contributed by atoms with Gasteiger partial charge in [-0.25, -0.2) is 4.79 Å². The predicted octanol–water partition coefficient (Wildman–Crippen LogP) is 3.54. The van der Waals surface area contributed by atoms with E-state index in [1.54, 1.807) is 0 Å². The van der Waals surface area contributed by atoms with E-state index in [1.807, 2.05) is 6.92 Å². The number of rotatable bonds is 11. The van der Waals surface area contributed by atoms with Gasteiger partial charge in [0.25, 0.3) is 5.97 Å². The third kappa shape index (κ3) is 12.3. The smallest absolute Gasteiger partial charge is 0.330 e. The van der Waals surface area contributed by atoms with Crippen LogP contribution in [0.4, 0.5) is 0 Å². The maximum atomic E-state index is 10.9. The molecule has 0 unspecified atom stereocenters. The van der Waals surface area contributed by atoms with E-state index in [9.17, 15) is 4.79 Å². The van der Waals surface area contributed by atoms with E-state index >= 15 is 0 Å². The summed E-state index contributed by atoms with van der Waals surface area (Å²) in [5, 5.41) is 0. The Morgan fingerprint density at radius 2 is 1.64 bits per heavy atom. The third-order valence-electron chi connectivity index (χ3n) is 2.07. The Hall–Kier alpha value is -0.259. The van der Waals surface area contributed by atoms with Gasteiger partial charge >= 0.3 is 5.97 Å². The van der Waals surface area contributed by atoms with E-state index in [4.69, 9.17) is 18.0 Å². The Labute approximate surface area is 139 Å². The molecule has 0 aliphatic carbocycles. The molecule has 0 N–H and O–H groups in total. The normalized spacial score (nSPS) is 13.0. The molecule has 0 spiro atoms. The van der Waals surface area contributed by atoms with Gasteiger partial charge in [0.05, 0.1) is 6.61 Å². The van der Waals surface area contributed by atoms with E-state index in [2.05, 4.69) is 45.9 Å². The molecule has 128 valence electrons. The zero-order chi connectivity index (χ0) is 17.4. The van der Waals surface area contributed by atoms with E-state index in [0.29, 0.717) is 6.61 Å². The van der Waals surface area contributed by atoms with Crippen LogP contribution >= 0.6 is 0 Å². The monoisotopic (exact) mass is 362 g/mol. The van der Waals surface area contributed by atoms with Crippen molar-refractivity contribution >= 4 is 32.4 Å². The highest BCUT2D eigenvalue weighted by atomic mass is 28.4. The molecule has 0 aliphatic heterocycles. The van der Waals surface area contributed by atoms with Gasteiger partial charge in [0.2, 0.25) is 9.76 Å². The molecule has 0 aliphatic rings. The Bertz CT molecular complexity index is 344. The van der Waals surface area contributed by atoms with Gasteiger partial charge < -0.3 is 18.0 Å². The molecule has 0 aromatic rings. The van der Waals surface area contributed by atoms with Crippen molar-refractivity contribution in [2.75, 3.05) is 6.61 Å². The number of esters is 1. The molecule has 0 amide bonds. The van der Waals surface area contributed by atoms with Crippen molar-refractivity contribution in [3.05, 3.63) is 12.7 Å². The molecule has 0 rings (SSSR count). The van der Waals surface area contributed by atoms with Gasteiger partial charge in [-0.2, -0.15) is 0 Å². The van der Waals surface area contributed by atoms with Crippen LogP contribution in [0.5, 0.6) is 0 Å². The third-order valence-corrected chi connectivity index (χ3v) is 5.11. The second kappa shape index (κ2) is 9.14. The summed E-state index contributed by atoms with van der Waals surface area (Å²) in [7, 11) is -3.35. The molecule has 0 aromatic heterocycles. The maximum Gasteiger partial charge on any atom is 0.330 e. The maximum absolute atomic E-state index is 10.9. The summed E-state index contributed by atoms with van der Waals surface area (Å²) in [6.45, 7) is 18.3. The Morgan fingerprint density at radius 1 is 1.14 bits per heavy atom. The van der Waals surface area contributed by atoms with Gasteiger partial charge in [-0.3, -0.25) is 0 Å². The van der Waals surface area contributed by atoms with Gasteiger partial charge in [-0.05, 0) is 51.7 Å². The predicted molar refractivity (Wildman–Crippen MR) is 94.7 cm³/mol. The average molecular weight is 363 g/mol. The molecule has 0 aromatic carbocycles. The second-order valence-corrected chi connectivity index (χ2v) is 16.9. The summed E-state index contributed by atoms with van der Waals surface area (Å²) in [6, 6.07) is 0.796. The molecule has 0 heterocycles. The largest absolute Gasteiger partial charge is 0.463 e. The highest BCUT2D eigenvalue weighted by Crippen LogP contribution is 2.25. The summed E-state index contributed by atoms with van der Waals surface area (Å²) < 4.78 is 23.0. The van der Waals surface area contributed by atoms with Gasteiger partial charge in [-0.15, -0.1) is 0 Å².